The predicted octanol–water partition coefficient (Wildman–Crippen LogP) is 1.53. The van der Waals surface area contributed by atoms with Crippen molar-refractivity contribution < 1.29 is 17.9 Å². The van der Waals surface area contributed by atoms with Gasteiger partial charge in [-0.05, 0) is 24.6 Å². The Balaban J connectivity index is 2.93. The van der Waals surface area contributed by atoms with Crippen LogP contribution in [0.2, 0.25) is 5.02 Å². The molecule has 0 bridgehead atoms. The summed E-state index contributed by atoms with van der Waals surface area (Å²) in [6, 6.07) is 3.08. The van der Waals surface area contributed by atoms with Crippen LogP contribution in [-0.2, 0) is 10.0 Å². The van der Waals surface area contributed by atoms with Crippen LogP contribution in [0.5, 0.6) is 0 Å². The highest BCUT2D eigenvalue weighted by Crippen LogP contribution is 2.21. The zero-order valence-corrected chi connectivity index (χ0v) is 10.7. The topological polar surface area (TPSA) is 66.4 Å². The van der Waals surface area contributed by atoms with Gasteiger partial charge in [0.25, 0.3) is 0 Å². The number of nitrogens with one attached hydrogen (secondary N) is 1. The molecule has 1 rings (SSSR count). The van der Waals surface area contributed by atoms with Gasteiger partial charge in [-0.15, -0.1) is 0 Å². The van der Waals surface area contributed by atoms with Crippen molar-refractivity contribution in [2.24, 2.45) is 0 Å². The number of sulfonamides is 1. The van der Waals surface area contributed by atoms with Crippen LogP contribution < -0.4 is 4.72 Å². The maximum atomic E-state index is 12.9. The van der Waals surface area contributed by atoms with Gasteiger partial charge in [-0.25, -0.2) is 17.5 Å². The minimum atomic E-state index is -3.90. The van der Waals surface area contributed by atoms with Gasteiger partial charge in [0, 0.05) is 6.54 Å². The van der Waals surface area contributed by atoms with Crippen molar-refractivity contribution in [1.82, 2.24) is 4.72 Å². The summed E-state index contributed by atoms with van der Waals surface area (Å²) in [5.41, 5.74) is 0. The van der Waals surface area contributed by atoms with Gasteiger partial charge in [-0.2, -0.15) is 0 Å². The number of halogens is 2. The van der Waals surface area contributed by atoms with Crippen molar-refractivity contribution in [3.8, 4) is 0 Å². The second-order valence-corrected chi connectivity index (χ2v) is 5.63. The molecule has 96 valence electrons. The molecule has 2 N–H and O–H groups in total. The molecule has 0 heterocycles. The van der Waals surface area contributed by atoms with Crippen LogP contribution >= 0.6 is 11.6 Å². The Morgan fingerprint density at radius 1 is 1.53 bits per heavy atom. The minimum Gasteiger partial charge on any atom is -0.392 e. The quantitative estimate of drug-likeness (QED) is 0.860. The fourth-order valence-electron chi connectivity index (χ4n) is 1.11. The molecule has 0 amide bonds. The van der Waals surface area contributed by atoms with E-state index in [1.54, 1.807) is 6.92 Å². The molecule has 1 aromatic carbocycles. The summed E-state index contributed by atoms with van der Waals surface area (Å²) in [5, 5.41) is 9.19. The lowest BCUT2D eigenvalue weighted by Crippen LogP contribution is -2.32. The molecule has 0 fully saturated rings. The summed E-state index contributed by atoms with van der Waals surface area (Å²) >= 11 is 5.68. The second kappa shape index (κ2) is 5.77. The molecule has 0 aliphatic heterocycles. The third-order valence-corrected chi connectivity index (χ3v) is 4.07. The summed E-state index contributed by atoms with van der Waals surface area (Å²) in [6.07, 6.45) is -0.364. The Hall–Kier alpha value is -0.690. The molecule has 1 atom stereocenters. The van der Waals surface area contributed by atoms with E-state index in [0.29, 0.717) is 6.42 Å². The highest BCUT2D eigenvalue weighted by Gasteiger charge is 2.19. The molecule has 0 aromatic heterocycles. The van der Waals surface area contributed by atoms with Crippen LogP contribution in [0.1, 0.15) is 13.3 Å². The average molecular weight is 282 g/mol. The molecule has 7 heteroatoms. The van der Waals surface area contributed by atoms with Crippen molar-refractivity contribution in [3.63, 3.8) is 0 Å². The van der Waals surface area contributed by atoms with Gasteiger partial charge in [-0.3, -0.25) is 0 Å². The highest BCUT2D eigenvalue weighted by molar-refractivity contribution is 7.89. The monoisotopic (exact) mass is 281 g/mol. The first-order chi connectivity index (χ1) is 7.86. The first kappa shape index (κ1) is 14.4. The number of aliphatic hydroxyl groups is 1. The normalized spacial score (nSPS) is 13.6. The van der Waals surface area contributed by atoms with E-state index in [9.17, 15) is 17.9 Å². The summed E-state index contributed by atoms with van der Waals surface area (Å²) < 4.78 is 38.6. The number of rotatable bonds is 5. The Bertz CT molecular complexity index is 492. The second-order valence-electron chi connectivity index (χ2n) is 3.49. The van der Waals surface area contributed by atoms with Crippen molar-refractivity contribution in [2.45, 2.75) is 24.3 Å². The molecule has 0 radical (unpaired) electrons. The van der Waals surface area contributed by atoms with Crippen LogP contribution in [0, 0.1) is 5.82 Å². The summed E-state index contributed by atoms with van der Waals surface area (Å²) in [5.74, 6) is -0.689. The first-order valence-corrected chi connectivity index (χ1v) is 6.85. The van der Waals surface area contributed by atoms with Gasteiger partial charge in [-0.1, -0.05) is 18.5 Å². The Kier molecular flexibility index (Phi) is 4.88. The van der Waals surface area contributed by atoms with Gasteiger partial charge in [0.05, 0.1) is 11.1 Å². The highest BCUT2D eigenvalue weighted by atomic mass is 35.5. The SMILES string of the molecule is CCC(O)CNS(=O)(=O)c1cc(F)ccc1Cl. The largest absolute Gasteiger partial charge is 0.392 e. The lowest BCUT2D eigenvalue weighted by Gasteiger charge is -2.11. The zero-order chi connectivity index (χ0) is 13.1. The van der Waals surface area contributed by atoms with Gasteiger partial charge in [0.1, 0.15) is 10.7 Å². The van der Waals surface area contributed by atoms with Crippen molar-refractivity contribution in [1.29, 1.82) is 0 Å². The minimum absolute atomic E-state index is 0.0649. The standard InChI is InChI=1S/C10H13ClFNO3S/c1-2-8(14)6-13-17(15,16)10-5-7(12)3-4-9(10)11/h3-5,8,13-14H,2,6H2,1H3. The number of hydrogen-bond acceptors (Lipinski definition) is 3. The third kappa shape index (κ3) is 3.92. The average Bonchev–Trinajstić information content (AvgIpc) is 2.29. The van der Waals surface area contributed by atoms with E-state index in [2.05, 4.69) is 4.72 Å². The molecule has 0 spiro atoms. The van der Waals surface area contributed by atoms with Crippen LogP contribution in [0.4, 0.5) is 4.39 Å². The van der Waals surface area contributed by atoms with Crippen molar-refractivity contribution in [2.75, 3.05) is 6.54 Å². The molecule has 0 aliphatic carbocycles. The smallest absolute Gasteiger partial charge is 0.242 e. The maximum Gasteiger partial charge on any atom is 0.242 e. The van der Waals surface area contributed by atoms with Crippen molar-refractivity contribution in [3.05, 3.63) is 29.0 Å². The summed E-state index contributed by atoms with van der Waals surface area (Å²) in [6.45, 7) is 1.58. The number of benzene rings is 1. The zero-order valence-electron chi connectivity index (χ0n) is 9.15. The van der Waals surface area contributed by atoms with Crippen LogP contribution in [0.15, 0.2) is 23.1 Å². The number of aliphatic hydroxyl groups excluding tert-OH is 1. The molecule has 1 unspecified atom stereocenters. The lowest BCUT2D eigenvalue weighted by molar-refractivity contribution is 0.174. The Labute approximate surface area is 104 Å². The molecule has 0 saturated carbocycles. The van der Waals surface area contributed by atoms with E-state index in [-0.39, 0.29) is 16.5 Å². The number of hydrogen-bond donors (Lipinski definition) is 2. The van der Waals surface area contributed by atoms with E-state index in [4.69, 9.17) is 11.6 Å². The van der Waals surface area contributed by atoms with Gasteiger partial charge in [0.15, 0.2) is 0 Å². The fourth-order valence-corrected chi connectivity index (χ4v) is 2.69. The fraction of sp³-hybridized carbons (Fsp3) is 0.400. The van der Waals surface area contributed by atoms with Crippen LogP contribution in [0.3, 0.4) is 0 Å². The molecule has 0 saturated heterocycles. The molecular formula is C10H13ClFNO3S. The van der Waals surface area contributed by atoms with Gasteiger partial charge >= 0.3 is 0 Å². The molecule has 17 heavy (non-hydrogen) atoms. The Morgan fingerprint density at radius 3 is 2.76 bits per heavy atom. The lowest BCUT2D eigenvalue weighted by atomic mass is 10.3. The predicted molar refractivity (Wildman–Crippen MR) is 62.9 cm³/mol. The third-order valence-electron chi connectivity index (χ3n) is 2.16. The molecule has 0 aliphatic rings. The Morgan fingerprint density at radius 2 is 2.18 bits per heavy atom. The van der Waals surface area contributed by atoms with E-state index in [1.165, 1.54) is 6.07 Å². The molecular weight excluding hydrogens is 269 g/mol. The summed E-state index contributed by atoms with van der Waals surface area (Å²) in [4.78, 5) is -0.331. The van der Waals surface area contributed by atoms with E-state index < -0.39 is 21.9 Å². The van der Waals surface area contributed by atoms with Gasteiger partial charge < -0.3 is 5.11 Å². The van der Waals surface area contributed by atoms with E-state index >= 15 is 0 Å². The van der Waals surface area contributed by atoms with Crippen molar-refractivity contribution >= 4 is 21.6 Å². The van der Waals surface area contributed by atoms with Crippen LogP contribution in [0.25, 0.3) is 0 Å². The van der Waals surface area contributed by atoms with E-state index in [1.807, 2.05) is 0 Å². The van der Waals surface area contributed by atoms with Gasteiger partial charge in [0.2, 0.25) is 10.0 Å². The van der Waals surface area contributed by atoms with E-state index in [0.717, 1.165) is 12.1 Å². The first-order valence-electron chi connectivity index (χ1n) is 4.99. The molecule has 4 nitrogen and oxygen atoms in total. The molecule has 1 aromatic rings. The maximum absolute atomic E-state index is 12.9. The summed E-state index contributed by atoms with van der Waals surface area (Å²) in [7, 11) is -3.90. The van der Waals surface area contributed by atoms with Crippen LogP contribution in [-0.4, -0.2) is 26.2 Å².